The lowest BCUT2D eigenvalue weighted by Gasteiger charge is -2.28. The number of alkyl halides is 3. The number of nitrogens with zero attached hydrogens (tertiary/aromatic N) is 5. The van der Waals surface area contributed by atoms with Crippen LogP contribution in [0.5, 0.6) is 5.75 Å². The third-order valence-electron chi connectivity index (χ3n) is 4.26. The van der Waals surface area contributed by atoms with Crippen LogP contribution in [0.25, 0.3) is 5.69 Å². The van der Waals surface area contributed by atoms with Crippen molar-refractivity contribution < 1.29 is 22.7 Å². The number of aromatic nitrogens is 4. The number of hydrogen-bond donors (Lipinski definition) is 0. The molecule has 0 bridgehead atoms. The molecule has 3 aromatic rings. The molecule has 2 heterocycles. The molecule has 1 aromatic heterocycles. The number of amides is 1. The molecule has 1 aliphatic rings. The number of benzene rings is 2. The molecule has 0 saturated heterocycles. The van der Waals surface area contributed by atoms with Crippen molar-refractivity contribution in [3.05, 3.63) is 59.9 Å². The summed E-state index contributed by atoms with van der Waals surface area (Å²) in [5, 5.41) is 11.7. The third-order valence-corrected chi connectivity index (χ3v) is 4.26. The molecule has 4 rings (SSSR count). The topological polar surface area (TPSA) is 73.1 Å². The Labute approximate surface area is 157 Å². The lowest BCUT2D eigenvalue weighted by atomic mass is 10.0. The Morgan fingerprint density at radius 1 is 1.07 bits per heavy atom. The molecule has 2 aromatic carbocycles. The van der Waals surface area contributed by atoms with Gasteiger partial charge in [-0.3, -0.25) is 4.79 Å². The predicted molar refractivity (Wildman–Crippen MR) is 92.3 cm³/mol. The molecule has 0 fully saturated rings. The van der Waals surface area contributed by atoms with Gasteiger partial charge in [0, 0.05) is 12.2 Å². The smallest absolute Gasteiger partial charge is 0.406 e. The number of aryl methyl sites for hydroxylation is 1. The molecule has 0 N–H and O–H groups in total. The van der Waals surface area contributed by atoms with Gasteiger partial charge in [0.05, 0.1) is 5.69 Å². The van der Waals surface area contributed by atoms with Crippen LogP contribution in [0.4, 0.5) is 18.9 Å². The van der Waals surface area contributed by atoms with Gasteiger partial charge in [-0.25, -0.2) is 0 Å². The monoisotopic (exact) mass is 389 g/mol. The highest BCUT2D eigenvalue weighted by Crippen LogP contribution is 2.27. The average Bonchev–Trinajstić information content (AvgIpc) is 3.16. The Morgan fingerprint density at radius 3 is 2.57 bits per heavy atom. The molecule has 0 aliphatic carbocycles. The molecule has 0 atom stereocenters. The summed E-state index contributed by atoms with van der Waals surface area (Å²) in [7, 11) is 0. The van der Waals surface area contributed by atoms with Gasteiger partial charge in [-0.15, -0.1) is 28.2 Å². The van der Waals surface area contributed by atoms with E-state index in [1.807, 2.05) is 24.3 Å². The first-order chi connectivity index (χ1) is 13.4. The van der Waals surface area contributed by atoms with Crippen LogP contribution in [-0.2, 0) is 6.42 Å². The van der Waals surface area contributed by atoms with Crippen molar-refractivity contribution in [2.24, 2.45) is 0 Å². The highest BCUT2D eigenvalue weighted by molar-refractivity contribution is 6.04. The zero-order valence-corrected chi connectivity index (χ0v) is 14.4. The number of tetrazole rings is 1. The maximum atomic E-state index is 12.8. The molecule has 0 radical (unpaired) electrons. The van der Waals surface area contributed by atoms with Crippen molar-refractivity contribution >= 4 is 11.6 Å². The number of anilines is 1. The van der Waals surface area contributed by atoms with E-state index in [2.05, 4.69) is 20.1 Å². The quantitative estimate of drug-likeness (QED) is 0.688. The van der Waals surface area contributed by atoms with Crippen LogP contribution in [0, 0.1) is 0 Å². The second-order valence-corrected chi connectivity index (χ2v) is 6.13. The lowest BCUT2D eigenvalue weighted by Crippen LogP contribution is -2.36. The van der Waals surface area contributed by atoms with E-state index in [4.69, 9.17) is 0 Å². The van der Waals surface area contributed by atoms with Crippen LogP contribution in [0.2, 0.25) is 0 Å². The average molecular weight is 389 g/mol. The summed E-state index contributed by atoms with van der Waals surface area (Å²) in [4.78, 5) is 15.5. The van der Waals surface area contributed by atoms with Gasteiger partial charge in [0.15, 0.2) is 0 Å². The Bertz CT molecular complexity index is 1000. The summed E-state index contributed by atoms with van der Waals surface area (Å²) in [6.07, 6.45) is -3.04. The lowest BCUT2D eigenvalue weighted by molar-refractivity contribution is -0.274. The summed E-state index contributed by atoms with van der Waals surface area (Å²) in [6, 6.07) is 12.6. The molecule has 0 unspecified atom stereocenters. The van der Waals surface area contributed by atoms with Crippen LogP contribution < -0.4 is 9.64 Å². The molecule has 144 valence electrons. The van der Waals surface area contributed by atoms with Crippen LogP contribution in [-0.4, -0.2) is 39.0 Å². The molecule has 0 spiro atoms. The summed E-state index contributed by atoms with van der Waals surface area (Å²) < 4.78 is 40.5. The SMILES string of the molecule is O=C(c1nnn(-c2ccc(OC(F)(F)F)cc2)n1)N1CCCc2ccccc21. The van der Waals surface area contributed by atoms with E-state index in [9.17, 15) is 18.0 Å². The summed E-state index contributed by atoms with van der Waals surface area (Å²) >= 11 is 0. The first kappa shape index (κ1) is 18.0. The number of carbonyl (C=O) groups excluding carboxylic acids is 1. The summed E-state index contributed by atoms with van der Waals surface area (Å²) in [5.74, 6) is -0.833. The van der Waals surface area contributed by atoms with E-state index in [-0.39, 0.29) is 17.5 Å². The maximum absolute atomic E-state index is 12.8. The number of fused-ring (bicyclic) bond motifs is 1. The standard InChI is InChI=1S/C18H14F3N5O2/c19-18(20,21)28-14-9-7-13(8-10-14)26-23-16(22-24-26)17(27)25-11-3-5-12-4-1-2-6-15(12)25/h1-2,4,6-10H,3,5,11H2. The molecule has 10 heteroatoms. The van der Waals surface area contributed by atoms with Gasteiger partial charge in [0.25, 0.3) is 11.7 Å². The normalized spacial score (nSPS) is 13.9. The van der Waals surface area contributed by atoms with Gasteiger partial charge in [-0.05, 0) is 54.0 Å². The van der Waals surface area contributed by atoms with Crippen molar-refractivity contribution in [2.45, 2.75) is 19.2 Å². The van der Waals surface area contributed by atoms with E-state index < -0.39 is 6.36 Å². The van der Waals surface area contributed by atoms with E-state index in [1.54, 1.807) is 4.90 Å². The molecule has 7 nitrogen and oxygen atoms in total. The van der Waals surface area contributed by atoms with E-state index >= 15 is 0 Å². The molecule has 1 aliphatic heterocycles. The minimum absolute atomic E-state index is 0.0904. The van der Waals surface area contributed by atoms with Crippen molar-refractivity contribution in [1.29, 1.82) is 0 Å². The maximum Gasteiger partial charge on any atom is 0.573 e. The first-order valence-electron chi connectivity index (χ1n) is 8.47. The largest absolute Gasteiger partial charge is 0.573 e. The number of rotatable bonds is 3. The Balaban J connectivity index is 1.54. The fourth-order valence-electron chi connectivity index (χ4n) is 3.06. The minimum atomic E-state index is -4.77. The molecular formula is C18H14F3N5O2. The van der Waals surface area contributed by atoms with Gasteiger partial charge < -0.3 is 9.64 Å². The highest BCUT2D eigenvalue weighted by atomic mass is 19.4. The number of halogens is 3. The van der Waals surface area contributed by atoms with Gasteiger partial charge in [-0.1, -0.05) is 18.2 Å². The van der Waals surface area contributed by atoms with Crippen LogP contribution in [0.3, 0.4) is 0 Å². The second kappa shape index (κ2) is 6.95. The van der Waals surface area contributed by atoms with E-state index in [0.29, 0.717) is 12.2 Å². The van der Waals surface area contributed by atoms with E-state index in [1.165, 1.54) is 12.1 Å². The Hall–Kier alpha value is -3.43. The number of ether oxygens (including phenoxy) is 1. The number of para-hydroxylation sites is 1. The van der Waals surface area contributed by atoms with Crippen LogP contribution >= 0.6 is 0 Å². The van der Waals surface area contributed by atoms with Crippen LogP contribution in [0.1, 0.15) is 22.6 Å². The van der Waals surface area contributed by atoms with Crippen molar-refractivity contribution in [3.8, 4) is 11.4 Å². The molecular weight excluding hydrogens is 375 g/mol. The Morgan fingerprint density at radius 2 is 1.82 bits per heavy atom. The summed E-state index contributed by atoms with van der Waals surface area (Å²) in [6.45, 7) is 0.549. The predicted octanol–water partition coefficient (Wildman–Crippen LogP) is 3.15. The minimum Gasteiger partial charge on any atom is -0.406 e. The van der Waals surface area contributed by atoms with Gasteiger partial charge in [-0.2, -0.15) is 0 Å². The molecule has 28 heavy (non-hydrogen) atoms. The van der Waals surface area contributed by atoms with Gasteiger partial charge >= 0.3 is 6.36 Å². The fourth-order valence-corrected chi connectivity index (χ4v) is 3.06. The van der Waals surface area contributed by atoms with Crippen molar-refractivity contribution in [2.75, 3.05) is 11.4 Å². The number of carbonyl (C=O) groups is 1. The molecule has 0 saturated carbocycles. The summed E-state index contributed by atoms with van der Waals surface area (Å²) in [5.41, 5.74) is 2.25. The fraction of sp³-hybridized carbons (Fsp3) is 0.222. The zero-order chi connectivity index (χ0) is 19.7. The third kappa shape index (κ3) is 3.66. The second-order valence-electron chi connectivity index (χ2n) is 6.13. The van der Waals surface area contributed by atoms with Gasteiger partial charge in [0.1, 0.15) is 5.75 Å². The van der Waals surface area contributed by atoms with Crippen molar-refractivity contribution in [1.82, 2.24) is 20.2 Å². The van der Waals surface area contributed by atoms with Gasteiger partial charge in [0.2, 0.25) is 0 Å². The van der Waals surface area contributed by atoms with Crippen molar-refractivity contribution in [3.63, 3.8) is 0 Å². The number of hydrogen-bond acceptors (Lipinski definition) is 5. The zero-order valence-electron chi connectivity index (χ0n) is 14.4. The first-order valence-corrected chi connectivity index (χ1v) is 8.47. The van der Waals surface area contributed by atoms with E-state index in [0.717, 1.165) is 41.0 Å². The Kier molecular flexibility index (Phi) is 4.46. The van der Waals surface area contributed by atoms with Crippen LogP contribution in [0.15, 0.2) is 48.5 Å². The highest BCUT2D eigenvalue weighted by Gasteiger charge is 2.31. The molecule has 1 amide bonds.